The van der Waals surface area contributed by atoms with Crippen LogP contribution < -0.4 is 5.73 Å². The van der Waals surface area contributed by atoms with Gasteiger partial charge < -0.3 is 5.73 Å². The summed E-state index contributed by atoms with van der Waals surface area (Å²) < 4.78 is 0. The molecule has 2 heteroatoms. The number of rotatable bonds is 6. The lowest BCUT2D eigenvalue weighted by Crippen LogP contribution is -2.40. The summed E-state index contributed by atoms with van der Waals surface area (Å²) >= 11 is 0. The van der Waals surface area contributed by atoms with Crippen molar-refractivity contribution in [2.75, 3.05) is 13.1 Å². The summed E-state index contributed by atoms with van der Waals surface area (Å²) in [6, 6.07) is 7.64. The molecule has 1 aromatic rings. The molecule has 0 radical (unpaired) electrons. The van der Waals surface area contributed by atoms with Gasteiger partial charge in [0.1, 0.15) is 0 Å². The first-order valence-corrected chi connectivity index (χ1v) is 7.56. The van der Waals surface area contributed by atoms with E-state index >= 15 is 0 Å². The molecule has 1 atom stereocenters. The molecule has 1 saturated carbocycles. The average Bonchev–Trinajstić information content (AvgIpc) is 3.17. The van der Waals surface area contributed by atoms with Crippen molar-refractivity contribution in [3.8, 4) is 0 Å². The van der Waals surface area contributed by atoms with E-state index in [1.807, 2.05) is 0 Å². The Kier molecular flexibility index (Phi) is 4.64. The molecular formula is C17H28N2. The van der Waals surface area contributed by atoms with Crippen LogP contribution in [0.3, 0.4) is 0 Å². The Bertz CT molecular complexity index is 421. The highest BCUT2D eigenvalue weighted by Gasteiger charge is 2.30. The van der Waals surface area contributed by atoms with Crippen LogP contribution in [0.4, 0.5) is 0 Å². The molecule has 0 amide bonds. The minimum atomic E-state index is 0.362. The fourth-order valence-electron chi connectivity index (χ4n) is 2.86. The fraction of sp³-hybridized carbons (Fsp3) is 0.647. The van der Waals surface area contributed by atoms with Crippen LogP contribution in [0.15, 0.2) is 18.2 Å². The largest absolute Gasteiger partial charge is 0.329 e. The molecule has 106 valence electrons. The number of benzene rings is 1. The quantitative estimate of drug-likeness (QED) is 0.849. The highest BCUT2D eigenvalue weighted by molar-refractivity contribution is 5.33. The predicted molar refractivity (Wildman–Crippen MR) is 82.3 cm³/mol. The van der Waals surface area contributed by atoms with E-state index in [0.717, 1.165) is 5.92 Å². The molecule has 2 nitrogen and oxygen atoms in total. The van der Waals surface area contributed by atoms with Crippen LogP contribution in [0, 0.1) is 19.8 Å². The van der Waals surface area contributed by atoms with Gasteiger partial charge in [0.25, 0.3) is 0 Å². The fourth-order valence-corrected chi connectivity index (χ4v) is 2.86. The molecule has 0 saturated heterocycles. The number of hydrogen-bond donors (Lipinski definition) is 1. The van der Waals surface area contributed by atoms with Gasteiger partial charge in [-0.25, -0.2) is 0 Å². The van der Waals surface area contributed by atoms with E-state index in [9.17, 15) is 0 Å². The van der Waals surface area contributed by atoms with Crippen molar-refractivity contribution in [2.24, 2.45) is 11.7 Å². The number of nitrogens with zero attached hydrogens (tertiary/aromatic N) is 1. The summed E-state index contributed by atoms with van der Waals surface area (Å²) in [7, 11) is 0. The van der Waals surface area contributed by atoms with Crippen LogP contribution in [-0.2, 0) is 0 Å². The Morgan fingerprint density at radius 2 is 1.95 bits per heavy atom. The molecule has 1 aromatic carbocycles. The minimum Gasteiger partial charge on any atom is -0.329 e. The van der Waals surface area contributed by atoms with Crippen LogP contribution >= 0.6 is 0 Å². The van der Waals surface area contributed by atoms with E-state index in [1.54, 1.807) is 0 Å². The van der Waals surface area contributed by atoms with Gasteiger partial charge in [0.05, 0.1) is 0 Å². The number of hydrogen-bond acceptors (Lipinski definition) is 2. The summed E-state index contributed by atoms with van der Waals surface area (Å²) in [4.78, 5) is 2.60. The smallest absolute Gasteiger partial charge is 0.0475 e. The molecular weight excluding hydrogens is 232 g/mol. The third kappa shape index (κ3) is 3.58. The molecule has 1 aliphatic carbocycles. The second-order valence-electron chi connectivity index (χ2n) is 6.35. The van der Waals surface area contributed by atoms with Crippen LogP contribution in [0.2, 0.25) is 0 Å². The standard InChI is InChI=1S/C17H28N2/c1-12(2)19(11-15-7-8-15)17(10-18)16-9-13(3)5-6-14(16)4/h5-6,9,12,15,17H,7-8,10-11,18H2,1-4H3. The maximum atomic E-state index is 6.12. The maximum Gasteiger partial charge on any atom is 0.0475 e. The first-order valence-electron chi connectivity index (χ1n) is 7.56. The summed E-state index contributed by atoms with van der Waals surface area (Å²) in [5, 5.41) is 0. The topological polar surface area (TPSA) is 29.3 Å². The lowest BCUT2D eigenvalue weighted by molar-refractivity contribution is 0.149. The van der Waals surface area contributed by atoms with E-state index in [2.05, 4.69) is 50.8 Å². The van der Waals surface area contributed by atoms with Crippen molar-refractivity contribution < 1.29 is 0 Å². The van der Waals surface area contributed by atoms with Crippen molar-refractivity contribution in [2.45, 2.75) is 52.6 Å². The highest BCUT2D eigenvalue weighted by atomic mass is 15.2. The van der Waals surface area contributed by atoms with Crippen molar-refractivity contribution in [3.63, 3.8) is 0 Å². The van der Waals surface area contributed by atoms with Gasteiger partial charge in [-0.2, -0.15) is 0 Å². The number of aryl methyl sites for hydroxylation is 2. The second kappa shape index (κ2) is 6.06. The zero-order chi connectivity index (χ0) is 14.0. The summed E-state index contributed by atoms with van der Waals surface area (Å²) in [6.45, 7) is 10.8. The van der Waals surface area contributed by atoms with E-state index in [0.29, 0.717) is 18.6 Å². The predicted octanol–water partition coefficient (Wildman–Crippen LogP) is 3.42. The van der Waals surface area contributed by atoms with Crippen LogP contribution in [-0.4, -0.2) is 24.0 Å². The molecule has 0 spiro atoms. The lowest BCUT2D eigenvalue weighted by atomic mass is 9.96. The van der Waals surface area contributed by atoms with Gasteiger partial charge in [-0.15, -0.1) is 0 Å². The van der Waals surface area contributed by atoms with Crippen LogP contribution in [0.1, 0.15) is 49.4 Å². The molecule has 1 fully saturated rings. The third-order valence-electron chi connectivity index (χ3n) is 4.25. The summed E-state index contributed by atoms with van der Waals surface area (Å²) in [6.07, 6.45) is 2.79. The molecule has 0 aliphatic heterocycles. The van der Waals surface area contributed by atoms with Crippen molar-refractivity contribution in [3.05, 3.63) is 34.9 Å². The maximum absolute atomic E-state index is 6.12. The summed E-state index contributed by atoms with van der Waals surface area (Å²) in [5.41, 5.74) is 10.2. The van der Waals surface area contributed by atoms with Gasteiger partial charge >= 0.3 is 0 Å². The van der Waals surface area contributed by atoms with Crippen molar-refractivity contribution in [1.82, 2.24) is 4.90 Å². The first-order chi connectivity index (χ1) is 9.02. The van der Waals surface area contributed by atoms with Crippen molar-refractivity contribution >= 4 is 0 Å². The van der Waals surface area contributed by atoms with Gasteiger partial charge in [0.15, 0.2) is 0 Å². The lowest BCUT2D eigenvalue weighted by Gasteiger charge is -2.35. The molecule has 0 bridgehead atoms. The molecule has 2 rings (SSSR count). The van der Waals surface area contributed by atoms with Gasteiger partial charge in [-0.1, -0.05) is 23.8 Å². The molecule has 1 aliphatic rings. The van der Waals surface area contributed by atoms with Gasteiger partial charge in [0, 0.05) is 25.2 Å². The second-order valence-corrected chi connectivity index (χ2v) is 6.35. The zero-order valence-electron chi connectivity index (χ0n) is 12.8. The minimum absolute atomic E-state index is 0.362. The monoisotopic (exact) mass is 260 g/mol. The van der Waals surface area contributed by atoms with Crippen molar-refractivity contribution in [1.29, 1.82) is 0 Å². The van der Waals surface area contributed by atoms with Gasteiger partial charge in [-0.3, -0.25) is 4.90 Å². The summed E-state index contributed by atoms with van der Waals surface area (Å²) in [5.74, 6) is 0.904. The Morgan fingerprint density at radius 1 is 1.26 bits per heavy atom. The third-order valence-corrected chi connectivity index (χ3v) is 4.25. The van der Waals surface area contributed by atoms with E-state index < -0.39 is 0 Å². The van der Waals surface area contributed by atoms with Crippen LogP contribution in [0.25, 0.3) is 0 Å². The highest BCUT2D eigenvalue weighted by Crippen LogP contribution is 2.34. The molecule has 1 unspecified atom stereocenters. The Hall–Kier alpha value is -0.860. The molecule has 19 heavy (non-hydrogen) atoms. The molecule has 0 heterocycles. The first kappa shape index (κ1) is 14.5. The van der Waals surface area contributed by atoms with E-state index in [-0.39, 0.29) is 0 Å². The molecule has 2 N–H and O–H groups in total. The number of nitrogens with two attached hydrogens (primary N) is 1. The molecule has 0 aromatic heterocycles. The Morgan fingerprint density at radius 3 is 2.47 bits per heavy atom. The van der Waals surface area contributed by atoms with E-state index in [1.165, 1.54) is 36.1 Å². The van der Waals surface area contributed by atoms with E-state index in [4.69, 9.17) is 5.73 Å². The Balaban J connectivity index is 2.26. The average molecular weight is 260 g/mol. The normalized spacial score (nSPS) is 17.2. The SMILES string of the molecule is Cc1ccc(C)c(C(CN)N(CC2CC2)C(C)C)c1. The van der Waals surface area contributed by atoms with Gasteiger partial charge in [-0.05, 0) is 57.6 Å². The van der Waals surface area contributed by atoms with Crippen LogP contribution in [0.5, 0.6) is 0 Å². The zero-order valence-corrected chi connectivity index (χ0v) is 12.8. The Labute approximate surface area is 118 Å². The van der Waals surface area contributed by atoms with Gasteiger partial charge in [0.2, 0.25) is 0 Å².